The summed E-state index contributed by atoms with van der Waals surface area (Å²) in [7, 11) is 0. The lowest BCUT2D eigenvalue weighted by Gasteiger charge is -1.99. The van der Waals surface area contributed by atoms with Gasteiger partial charge in [0, 0.05) is 4.83 Å². The van der Waals surface area contributed by atoms with Gasteiger partial charge >= 0.3 is 0 Å². The number of halogens is 1. The van der Waals surface area contributed by atoms with Crippen LogP contribution in [-0.2, 0) is 0 Å². The van der Waals surface area contributed by atoms with Gasteiger partial charge in [-0.3, -0.25) is 0 Å². The van der Waals surface area contributed by atoms with E-state index in [1.807, 2.05) is 0 Å². The predicted octanol–water partition coefficient (Wildman–Crippen LogP) is 1.12. The molecule has 0 saturated heterocycles. The first kappa shape index (κ1) is 5.57. The second-order valence-electron chi connectivity index (χ2n) is 2.53. The Morgan fingerprint density at radius 1 is 2.00 bits per heavy atom. The fourth-order valence-corrected chi connectivity index (χ4v) is 1.49. The summed E-state index contributed by atoms with van der Waals surface area (Å²) in [6, 6.07) is 0. The van der Waals surface area contributed by atoms with Gasteiger partial charge in [-0.05, 0) is 18.4 Å². The summed E-state index contributed by atoms with van der Waals surface area (Å²) in [6.07, 6.45) is 1.25. The maximum absolute atomic E-state index is 5.43. The zero-order valence-electron chi connectivity index (χ0n) is 4.45. The maximum Gasteiger partial charge on any atom is 0.0218 e. The Bertz CT molecular complexity index is 80.1. The van der Waals surface area contributed by atoms with E-state index in [1.54, 1.807) is 0 Å². The van der Waals surface area contributed by atoms with Crippen LogP contribution in [0.3, 0.4) is 0 Å². The first-order valence-electron chi connectivity index (χ1n) is 2.53. The highest BCUT2D eigenvalue weighted by molar-refractivity contribution is 9.09. The molecule has 0 spiro atoms. The zero-order valence-corrected chi connectivity index (χ0v) is 6.03. The number of hydrogen-bond donors (Lipinski definition) is 1. The summed E-state index contributed by atoms with van der Waals surface area (Å²) in [5, 5.41) is 0. The monoisotopic (exact) mass is 163 g/mol. The molecule has 0 amide bonds. The SMILES string of the molecule is CC1(CN)CC1Br. The molecule has 1 fully saturated rings. The highest BCUT2D eigenvalue weighted by Crippen LogP contribution is 2.49. The van der Waals surface area contributed by atoms with Crippen LogP contribution in [0.2, 0.25) is 0 Å². The molecule has 7 heavy (non-hydrogen) atoms. The van der Waals surface area contributed by atoms with Crippen LogP contribution < -0.4 is 5.73 Å². The summed E-state index contributed by atoms with van der Waals surface area (Å²) in [4.78, 5) is 0.699. The van der Waals surface area contributed by atoms with E-state index in [-0.39, 0.29) is 0 Å². The van der Waals surface area contributed by atoms with Gasteiger partial charge in [0.05, 0.1) is 0 Å². The fraction of sp³-hybridized carbons (Fsp3) is 1.00. The molecule has 1 aliphatic carbocycles. The molecular formula is C5H10BrN. The van der Waals surface area contributed by atoms with Gasteiger partial charge in [-0.15, -0.1) is 0 Å². The number of hydrogen-bond acceptors (Lipinski definition) is 1. The van der Waals surface area contributed by atoms with Crippen LogP contribution in [0.15, 0.2) is 0 Å². The lowest BCUT2D eigenvalue weighted by Crippen LogP contribution is -2.13. The van der Waals surface area contributed by atoms with Crippen molar-refractivity contribution in [3.05, 3.63) is 0 Å². The Labute approximate surface area is 52.4 Å². The summed E-state index contributed by atoms with van der Waals surface area (Å²) in [6.45, 7) is 3.02. The standard InChI is InChI=1S/C5H10BrN/c1-5(3-7)2-4(5)6/h4H,2-3,7H2,1H3. The minimum absolute atomic E-state index is 0.444. The van der Waals surface area contributed by atoms with Crippen LogP contribution >= 0.6 is 15.9 Å². The van der Waals surface area contributed by atoms with Crippen molar-refractivity contribution < 1.29 is 0 Å². The lowest BCUT2D eigenvalue weighted by molar-refractivity contribution is 0.594. The summed E-state index contributed by atoms with van der Waals surface area (Å²) >= 11 is 3.48. The van der Waals surface area contributed by atoms with Gasteiger partial charge in [-0.2, -0.15) is 0 Å². The first-order valence-corrected chi connectivity index (χ1v) is 3.45. The van der Waals surface area contributed by atoms with E-state index in [2.05, 4.69) is 22.9 Å². The van der Waals surface area contributed by atoms with Crippen molar-refractivity contribution >= 4 is 15.9 Å². The smallest absolute Gasteiger partial charge is 0.0218 e. The van der Waals surface area contributed by atoms with Crippen molar-refractivity contribution in [3.8, 4) is 0 Å². The van der Waals surface area contributed by atoms with Crippen molar-refractivity contribution in [1.29, 1.82) is 0 Å². The van der Waals surface area contributed by atoms with E-state index in [1.165, 1.54) is 6.42 Å². The molecular weight excluding hydrogens is 154 g/mol. The highest BCUT2D eigenvalue weighted by Gasteiger charge is 2.46. The first-order chi connectivity index (χ1) is 3.19. The third-order valence-electron chi connectivity index (χ3n) is 1.71. The molecule has 2 heteroatoms. The molecule has 0 aromatic rings. The molecule has 0 aromatic heterocycles. The second-order valence-corrected chi connectivity index (χ2v) is 3.64. The van der Waals surface area contributed by atoms with E-state index in [0.717, 1.165) is 6.54 Å². The van der Waals surface area contributed by atoms with E-state index < -0.39 is 0 Å². The van der Waals surface area contributed by atoms with E-state index in [4.69, 9.17) is 5.73 Å². The van der Waals surface area contributed by atoms with Crippen LogP contribution in [0, 0.1) is 5.41 Å². The number of alkyl halides is 1. The topological polar surface area (TPSA) is 26.0 Å². The highest BCUT2D eigenvalue weighted by atomic mass is 79.9. The van der Waals surface area contributed by atoms with Gasteiger partial charge < -0.3 is 5.73 Å². The largest absolute Gasteiger partial charge is 0.330 e. The molecule has 1 nitrogen and oxygen atoms in total. The van der Waals surface area contributed by atoms with Gasteiger partial charge in [0.25, 0.3) is 0 Å². The molecule has 1 rings (SSSR count). The van der Waals surface area contributed by atoms with Crippen molar-refractivity contribution in [2.45, 2.75) is 18.2 Å². The Balaban J connectivity index is 2.36. The Morgan fingerprint density at radius 3 is 2.43 bits per heavy atom. The Morgan fingerprint density at radius 2 is 2.43 bits per heavy atom. The second kappa shape index (κ2) is 1.46. The van der Waals surface area contributed by atoms with Crippen LogP contribution in [0.25, 0.3) is 0 Å². The van der Waals surface area contributed by atoms with Crippen molar-refractivity contribution in [3.63, 3.8) is 0 Å². The van der Waals surface area contributed by atoms with Crippen LogP contribution in [0.4, 0.5) is 0 Å². The third-order valence-corrected chi connectivity index (χ3v) is 3.14. The third kappa shape index (κ3) is 0.820. The van der Waals surface area contributed by atoms with Crippen molar-refractivity contribution in [2.24, 2.45) is 11.1 Å². The van der Waals surface area contributed by atoms with E-state index in [9.17, 15) is 0 Å². The Hall–Kier alpha value is 0.440. The van der Waals surface area contributed by atoms with Gasteiger partial charge in [0.15, 0.2) is 0 Å². The summed E-state index contributed by atoms with van der Waals surface area (Å²) in [5.41, 5.74) is 5.87. The summed E-state index contributed by atoms with van der Waals surface area (Å²) in [5.74, 6) is 0. The molecule has 1 aliphatic rings. The minimum Gasteiger partial charge on any atom is -0.330 e. The average molecular weight is 164 g/mol. The molecule has 2 atom stereocenters. The molecule has 0 bridgehead atoms. The van der Waals surface area contributed by atoms with Gasteiger partial charge in [-0.25, -0.2) is 0 Å². The van der Waals surface area contributed by atoms with E-state index >= 15 is 0 Å². The van der Waals surface area contributed by atoms with Crippen LogP contribution in [-0.4, -0.2) is 11.4 Å². The van der Waals surface area contributed by atoms with E-state index in [0.29, 0.717) is 10.2 Å². The molecule has 42 valence electrons. The van der Waals surface area contributed by atoms with Crippen LogP contribution in [0.1, 0.15) is 13.3 Å². The van der Waals surface area contributed by atoms with Gasteiger partial charge in [0.1, 0.15) is 0 Å². The zero-order chi connectivity index (χ0) is 5.49. The number of nitrogens with two attached hydrogens (primary N) is 1. The summed E-state index contributed by atoms with van der Waals surface area (Å²) < 4.78 is 0. The predicted molar refractivity (Wildman–Crippen MR) is 34.5 cm³/mol. The van der Waals surface area contributed by atoms with Crippen molar-refractivity contribution in [2.75, 3.05) is 6.54 Å². The van der Waals surface area contributed by atoms with Crippen LogP contribution in [0.5, 0.6) is 0 Å². The molecule has 1 saturated carbocycles. The molecule has 2 N–H and O–H groups in total. The van der Waals surface area contributed by atoms with Gasteiger partial charge in [-0.1, -0.05) is 22.9 Å². The molecule has 2 unspecified atom stereocenters. The molecule has 0 aromatic carbocycles. The molecule has 0 radical (unpaired) electrons. The number of rotatable bonds is 1. The quantitative estimate of drug-likeness (QED) is 0.577. The molecule has 0 aliphatic heterocycles. The van der Waals surface area contributed by atoms with Gasteiger partial charge in [0.2, 0.25) is 0 Å². The Kier molecular flexibility index (Phi) is 1.16. The maximum atomic E-state index is 5.43. The lowest BCUT2D eigenvalue weighted by atomic mass is 10.2. The minimum atomic E-state index is 0.444. The average Bonchev–Trinajstić information content (AvgIpc) is 2.18. The molecule has 0 heterocycles. The van der Waals surface area contributed by atoms with Crippen molar-refractivity contribution in [1.82, 2.24) is 0 Å². The normalized spacial score (nSPS) is 49.3. The fourth-order valence-electron chi connectivity index (χ4n) is 0.562.